The Kier molecular flexibility index (Phi) is 3.82. The fourth-order valence-electron chi connectivity index (χ4n) is 1.65. The molecule has 0 aliphatic rings. The van der Waals surface area contributed by atoms with Crippen molar-refractivity contribution in [2.24, 2.45) is 0 Å². The average molecular weight is 264 g/mol. The summed E-state index contributed by atoms with van der Waals surface area (Å²) < 4.78 is 2.15. The topological polar surface area (TPSA) is 42.7 Å². The third-order valence-electron chi connectivity index (χ3n) is 2.58. The third-order valence-corrected chi connectivity index (χ3v) is 3.40. The summed E-state index contributed by atoms with van der Waals surface area (Å²) in [4.78, 5) is 8.88. The highest BCUT2D eigenvalue weighted by Gasteiger charge is 2.11. The van der Waals surface area contributed by atoms with Crippen LogP contribution < -0.4 is 5.32 Å². The van der Waals surface area contributed by atoms with Gasteiger partial charge in [0.1, 0.15) is 5.82 Å². The third kappa shape index (κ3) is 3.65. The zero-order valence-corrected chi connectivity index (χ0v) is 12.2. The summed E-state index contributed by atoms with van der Waals surface area (Å²) in [5.41, 5.74) is 1.21. The van der Waals surface area contributed by atoms with Gasteiger partial charge in [-0.3, -0.25) is 0 Å². The average Bonchev–Trinajstić information content (AvgIpc) is 2.85. The van der Waals surface area contributed by atoms with Gasteiger partial charge in [0.05, 0.1) is 23.8 Å². The molecule has 4 nitrogen and oxygen atoms in total. The number of imidazole rings is 1. The van der Waals surface area contributed by atoms with Crippen molar-refractivity contribution >= 4 is 11.3 Å². The van der Waals surface area contributed by atoms with Crippen LogP contribution in [0.1, 0.15) is 37.3 Å². The monoisotopic (exact) mass is 264 g/mol. The van der Waals surface area contributed by atoms with Crippen molar-refractivity contribution in [2.45, 2.75) is 46.3 Å². The van der Waals surface area contributed by atoms with Crippen molar-refractivity contribution in [2.75, 3.05) is 0 Å². The lowest BCUT2D eigenvalue weighted by Crippen LogP contribution is -2.36. The first kappa shape index (κ1) is 13.2. The molecule has 0 unspecified atom stereocenters. The van der Waals surface area contributed by atoms with Gasteiger partial charge in [0, 0.05) is 23.3 Å². The van der Waals surface area contributed by atoms with Gasteiger partial charge in [-0.05, 0) is 27.7 Å². The second-order valence-corrected chi connectivity index (χ2v) is 6.50. The maximum absolute atomic E-state index is 4.49. The number of rotatable bonds is 4. The van der Waals surface area contributed by atoms with Crippen molar-refractivity contribution in [1.82, 2.24) is 19.9 Å². The predicted molar refractivity (Wildman–Crippen MR) is 74.8 cm³/mol. The number of hydrogen-bond acceptors (Lipinski definition) is 4. The van der Waals surface area contributed by atoms with Crippen LogP contribution in [0.15, 0.2) is 17.8 Å². The molecule has 1 N–H and O–H groups in total. The maximum atomic E-state index is 4.49. The summed E-state index contributed by atoms with van der Waals surface area (Å²) in [5.74, 6) is 1.05. The van der Waals surface area contributed by atoms with Crippen molar-refractivity contribution in [3.05, 3.63) is 34.3 Å². The molecule has 18 heavy (non-hydrogen) atoms. The minimum Gasteiger partial charge on any atom is -0.328 e. The highest BCUT2D eigenvalue weighted by atomic mass is 32.1. The fourth-order valence-corrected chi connectivity index (χ4v) is 2.25. The molecule has 0 atom stereocenters. The zero-order valence-electron chi connectivity index (χ0n) is 11.4. The summed E-state index contributed by atoms with van der Waals surface area (Å²) in [6, 6.07) is 0. The molecule has 0 aromatic carbocycles. The Morgan fingerprint density at radius 1 is 1.39 bits per heavy atom. The quantitative estimate of drug-likeness (QED) is 0.923. The van der Waals surface area contributed by atoms with E-state index in [9.17, 15) is 0 Å². The van der Waals surface area contributed by atoms with Gasteiger partial charge >= 0.3 is 0 Å². The van der Waals surface area contributed by atoms with Crippen LogP contribution in [0.3, 0.4) is 0 Å². The Morgan fingerprint density at radius 3 is 2.78 bits per heavy atom. The van der Waals surface area contributed by atoms with E-state index in [1.807, 2.05) is 19.3 Å². The van der Waals surface area contributed by atoms with E-state index in [4.69, 9.17) is 0 Å². The molecule has 0 aliphatic heterocycles. The molecular weight excluding hydrogens is 244 g/mol. The number of nitrogens with one attached hydrogen (secondary N) is 1. The van der Waals surface area contributed by atoms with E-state index in [-0.39, 0.29) is 5.54 Å². The summed E-state index contributed by atoms with van der Waals surface area (Å²) in [7, 11) is 0. The Labute approximate surface area is 112 Å². The molecule has 0 saturated carbocycles. The first-order chi connectivity index (χ1) is 8.44. The molecule has 5 heteroatoms. The SMILES string of the molecule is Cc1nc(Cn2ccnc2CNC(C)(C)C)cs1. The number of aromatic nitrogens is 3. The molecule has 0 saturated heterocycles. The van der Waals surface area contributed by atoms with Crippen molar-refractivity contribution in [3.8, 4) is 0 Å². The van der Waals surface area contributed by atoms with Crippen molar-refractivity contribution < 1.29 is 0 Å². The lowest BCUT2D eigenvalue weighted by atomic mass is 10.1. The second kappa shape index (κ2) is 5.20. The Balaban J connectivity index is 2.03. The fraction of sp³-hybridized carbons (Fsp3) is 0.538. The summed E-state index contributed by atoms with van der Waals surface area (Å²) >= 11 is 1.69. The second-order valence-electron chi connectivity index (χ2n) is 5.43. The minimum absolute atomic E-state index is 0.105. The van der Waals surface area contributed by atoms with Crippen molar-refractivity contribution in [1.29, 1.82) is 0 Å². The van der Waals surface area contributed by atoms with E-state index in [1.54, 1.807) is 11.3 Å². The number of thiazole rings is 1. The van der Waals surface area contributed by atoms with Gasteiger partial charge in [0.15, 0.2) is 0 Å². The van der Waals surface area contributed by atoms with E-state index < -0.39 is 0 Å². The summed E-state index contributed by atoms with van der Waals surface area (Å²) in [6.07, 6.45) is 3.85. The van der Waals surface area contributed by atoms with E-state index in [2.05, 4.69) is 46.0 Å². The summed E-state index contributed by atoms with van der Waals surface area (Å²) in [5, 5.41) is 6.67. The van der Waals surface area contributed by atoms with Gasteiger partial charge in [0.2, 0.25) is 0 Å². The Morgan fingerprint density at radius 2 is 2.17 bits per heavy atom. The lowest BCUT2D eigenvalue weighted by molar-refractivity contribution is 0.413. The van der Waals surface area contributed by atoms with Gasteiger partial charge in [0.25, 0.3) is 0 Å². The lowest BCUT2D eigenvalue weighted by Gasteiger charge is -2.20. The van der Waals surface area contributed by atoms with Crippen LogP contribution in [-0.2, 0) is 13.1 Å². The molecule has 2 heterocycles. The van der Waals surface area contributed by atoms with Crippen molar-refractivity contribution in [3.63, 3.8) is 0 Å². The molecule has 0 amide bonds. The van der Waals surface area contributed by atoms with E-state index in [1.165, 1.54) is 0 Å². The Bertz CT molecular complexity index is 507. The molecule has 98 valence electrons. The largest absolute Gasteiger partial charge is 0.328 e. The van der Waals surface area contributed by atoms with Crippen LogP contribution in [0.4, 0.5) is 0 Å². The molecule has 0 spiro atoms. The molecular formula is C13H20N4S. The molecule has 0 bridgehead atoms. The van der Waals surface area contributed by atoms with E-state index in [0.29, 0.717) is 0 Å². The highest BCUT2D eigenvalue weighted by Crippen LogP contribution is 2.11. The number of hydrogen-bond donors (Lipinski definition) is 1. The molecule has 0 radical (unpaired) electrons. The van der Waals surface area contributed by atoms with Crippen LogP contribution >= 0.6 is 11.3 Å². The predicted octanol–water partition coefficient (Wildman–Crippen LogP) is 2.58. The normalized spacial score (nSPS) is 12.0. The highest BCUT2D eigenvalue weighted by molar-refractivity contribution is 7.09. The summed E-state index contributed by atoms with van der Waals surface area (Å²) in [6.45, 7) is 10.1. The van der Waals surface area contributed by atoms with Gasteiger partial charge in [-0.15, -0.1) is 11.3 Å². The van der Waals surface area contributed by atoms with E-state index in [0.717, 1.165) is 29.6 Å². The van der Waals surface area contributed by atoms with Gasteiger partial charge in [-0.1, -0.05) is 0 Å². The molecule has 0 aliphatic carbocycles. The zero-order chi connectivity index (χ0) is 13.2. The molecule has 2 rings (SSSR count). The van der Waals surface area contributed by atoms with Crippen LogP contribution in [-0.4, -0.2) is 20.1 Å². The number of nitrogens with zero attached hydrogens (tertiary/aromatic N) is 3. The first-order valence-electron chi connectivity index (χ1n) is 6.10. The minimum atomic E-state index is 0.105. The van der Waals surface area contributed by atoms with Crippen LogP contribution in [0.5, 0.6) is 0 Å². The molecule has 2 aromatic heterocycles. The van der Waals surface area contributed by atoms with Crippen LogP contribution in [0.2, 0.25) is 0 Å². The van der Waals surface area contributed by atoms with E-state index >= 15 is 0 Å². The molecule has 2 aromatic rings. The smallest absolute Gasteiger partial charge is 0.123 e. The van der Waals surface area contributed by atoms with Gasteiger partial charge in [-0.25, -0.2) is 9.97 Å². The standard InChI is InChI=1S/C13H20N4S/c1-10-16-11(9-18-10)8-17-6-5-14-12(17)7-15-13(2,3)4/h5-6,9,15H,7-8H2,1-4H3. The van der Waals surface area contributed by atoms with Gasteiger partial charge < -0.3 is 9.88 Å². The first-order valence-corrected chi connectivity index (χ1v) is 6.98. The maximum Gasteiger partial charge on any atom is 0.123 e. The Hall–Kier alpha value is -1.20. The number of aryl methyl sites for hydroxylation is 1. The van der Waals surface area contributed by atoms with Gasteiger partial charge in [-0.2, -0.15) is 0 Å². The van der Waals surface area contributed by atoms with Crippen LogP contribution in [0, 0.1) is 6.92 Å². The van der Waals surface area contributed by atoms with Crippen LogP contribution in [0.25, 0.3) is 0 Å². The molecule has 0 fully saturated rings.